The second-order valence-electron chi connectivity index (χ2n) is 3.60. The van der Waals surface area contributed by atoms with Crippen molar-refractivity contribution in [2.45, 2.75) is 36.3 Å². The van der Waals surface area contributed by atoms with E-state index in [4.69, 9.17) is 0 Å². The molecule has 3 heteroatoms. The molecule has 1 N–H and O–H groups in total. The number of hydrogen-bond donors (Lipinski definition) is 1. The van der Waals surface area contributed by atoms with Crippen LogP contribution in [0.4, 0.5) is 4.39 Å². The fourth-order valence-electron chi connectivity index (χ4n) is 2.22. The van der Waals surface area contributed by atoms with Crippen molar-refractivity contribution in [3.05, 3.63) is 0 Å². The van der Waals surface area contributed by atoms with Crippen LogP contribution in [0.3, 0.4) is 0 Å². The Morgan fingerprint density at radius 1 is 1.36 bits per heavy atom. The first-order valence-electron chi connectivity index (χ1n) is 4.29. The van der Waals surface area contributed by atoms with Gasteiger partial charge in [0.2, 0.25) is 0 Å². The van der Waals surface area contributed by atoms with Crippen LogP contribution in [-0.4, -0.2) is 23.6 Å². The molecule has 3 unspecified atom stereocenters. The summed E-state index contributed by atoms with van der Waals surface area (Å²) in [7, 11) is 0. The zero-order valence-electron chi connectivity index (χ0n) is 6.39. The molecule has 1 heterocycles. The lowest BCUT2D eigenvalue weighted by Gasteiger charge is -2.28. The lowest BCUT2D eigenvalue weighted by atomic mass is 9.85. The molecule has 1 aliphatic heterocycles. The first-order chi connectivity index (χ1) is 5.27. The molecule has 1 nitrogen and oxygen atoms in total. The maximum atomic E-state index is 13.1. The van der Waals surface area contributed by atoms with Gasteiger partial charge in [0, 0.05) is 23.3 Å². The van der Waals surface area contributed by atoms with E-state index >= 15 is 0 Å². The molecule has 0 aromatic carbocycles. The molecule has 0 bridgehead atoms. The van der Waals surface area contributed by atoms with Gasteiger partial charge >= 0.3 is 0 Å². The standard InChI is InChI=1S/C8H13BrFN/c9-5-1-2-8-6(3-5)7(10)4-11-8/h5-8,11H,1-4H2/t5?,6-,7?,8?/m0/s1. The van der Waals surface area contributed by atoms with Gasteiger partial charge in [0.1, 0.15) is 6.17 Å². The third-order valence-electron chi connectivity index (χ3n) is 2.88. The molecule has 0 spiro atoms. The van der Waals surface area contributed by atoms with Gasteiger partial charge in [0.15, 0.2) is 0 Å². The van der Waals surface area contributed by atoms with E-state index in [0.29, 0.717) is 17.4 Å². The van der Waals surface area contributed by atoms with E-state index in [1.165, 1.54) is 6.42 Å². The molecular formula is C8H13BrFN. The zero-order chi connectivity index (χ0) is 7.84. The number of nitrogens with one attached hydrogen (secondary N) is 1. The van der Waals surface area contributed by atoms with Gasteiger partial charge in [-0.1, -0.05) is 15.9 Å². The molecule has 2 aliphatic rings. The molecule has 1 aliphatic carbocycles. The summed E-state index contributed by atoms with van der Waals surface area (Å²) < 4.78 is 13.1. The SMILES string of the molecule is FC1CNC2CCC(Br)C[C@@H]12. The third-order valence-corrected chi connectivity index (χ3v) is 3.71. The van der Waals surface area contributed by atoms with Gasteiger partial charge in [-0.2, -0.15) is 0 Å². The Kier molecular flexibility index (Phi) is 2.19. The summed E-state index contributed by atoms with van der Waals surface area (Å²) in [4.78, 5) is 0.557. The third kappa shape index (κ3) is 1.45. The number of alkyl halides is 2. The van der Waals surface area contributed by atoms with Crippen LogP contribution in [0.5, 0.6) is 0 Å². The molecular weight excluding hydrogens is 209 g/mol. The Hall–Kier alpha value is 0.370. The van der Waals surface area contributed by atoms with Crippen molar-refractivity contribution in [2.75, 3.05) is 6.54 Å². The van der Waals surface area contributed by atoms with Crippen molar-refractivity contribution in [1.29, 1.82) is 0 Å². The minimum Gasteiger partial charge on any atom is -0.311 e. The average molecular weight is 222 g/mol. The number of fused-ring (bicyclic) bond motifs is 1. The van der Waals surface area contributed by atoms with Crippen LogP contribution in [0, 0.1) is 5.92 Å². The van der Waals surface area contributed by atoms with Gasteiger partial charge in [0.25, 0.3) is 0 Å². The Bertz CT molecular complexity index is 153. The molecule has 2 rings (SSSR count). The summed E-state index contributed by atoms with van der Waals surface area (Å²) in [6, 6.07) is 0.471. The average Bonchev–Trinajstić information content (AvgIpc) is 2.33. The van der Waals surface area contributed by atoms with Gasteiger partial charge in [-0.3, -0.25) is 0 Å². The van der Waals surface area contributed by atoms with Crippen LogP contribution in [0.1, 0.15) is 19.3 Å². The van der Waals surface area contributed by atoms with Gasteiger partial charge in [-0.05, 0) is 19.3 Å². The minimum atomic E-state index is -0.597. The Balaban J connectivity index is 2.01. The van der Waals surface area contributed by atoms with E-state index in [0.717, 1.165) is 12.8 Å². The van der Waals surface area contributed by atoms with Crippen LogP contribution in [0.2, 0.25) is 0 Å². The van der Waals surface area contributed by atoms with Crippen molar-refractivity contribution < 1.29 is 4.39 Å². The van der Waals surface area contributed by atoms with Crippen LogP contribution < -0.4 is 5.32 Å². The van der Waals surface area contributed by atoms with Crippen molar-refractivity contribution in [1.82, 2.24) is 5.32 Å². The zero-order valence-corrected chi connectivity index (χ0v) is 7.98. The normalized spacial score (nSPS) is 50.7. The highest BCUT2D eigenvalue weighted by molar-refractivity contribution is 9.09. The summed E-state index contributed by atoms with van der Waals surface area (Å²) in [5.41, 5.74) is 0. The first-order valence-corrected chi connectivity index (χ1v) is 5.20. The van der Waals surface area contributed by atoms with Gasteiger partial charge in [-0.25, -0.2) is 4.39 Å². The predicted octanol–water partition coefficient (Wildman–Crippen LogP) is 1.86. The fraction of sp³-hybridized carbons (Fsp3) is 1.00. The quantitative estimate of drug-likeness (QED) is 0.617. The monoisotopic (exact) mass is 221 g/mol. The highest BCUT2D eigenvalue weighted by Crippen LogP contribution is 2.35. The molecule has 0 aromatic heterocycles. The molecule has 2 fully saturated rings. The number of halogens is 2. The van der Waals surface area contributed by atoms with Gasteiger partial charge in [0.05, 0.1) is 0 Å². The van der Waals surface area contributed by atoms with E-state index in [2.05, 4.69) is 21.2 Å². The molecule has 1 saturated heterocycles. The van der Waals surface area contributed by atoms with E-state index in [1.54, 1.807) is 0 Å². The lowest BCUT2D eigenvalue weighted by molar-refractivity contribution is 0.222. The van der Waals surface area contributed by atoms with Gasteiger partial charge < -0.3 is 5.32 Å². The Labute approximate surface area is 74.9 Å². The maximum absolute atomic E-state index is 13.1. The second-order valence-corrected chi connectivity index (χ2v) is 4.90. The summed E-state index contributed by atoms with van der Waals surface area (Å²) in [5, 5.41) is 3.23. The number of rotatable bonds is 0. The minimum absolute atomic E-state index is 0.285. The lowest BCUT2D eigenvalue weighted by Crippen LogP contribution is -2.34. The van der Waals surface area contributed by atoms with E-state index < -0.39 is 6.17 Å². The predicted molar refractivity (Wildman–Crippen MR) is 46.7 cm³/mol. The molecule has 11 heavy (non-hydrogen) atoms. The Morgan fingerprint density at radius 2 is 2.18 bits per heavy atom. The van der Waals surface area contributed by atoms with Gasteiger partial charge in [-0.15, -0.1) is 0 Å². The van der Waals surface area contributed by atoms with Crippen molar-refractivity contribution in [3.63, 3.8) is 0 Å². The van der Waals surface area contributed by atoms with E-state index in [9.17, 15) is 4.39 Å². The van der Waals surface area contributed by atoms with E-state index in [1.807, 2.05) is 0 Å². The highest BCUT2D eigenvalue weighted by atomic mass is 79.9. The van der Waals surface area contributed by atoms with Crippen LogP contribution >= 0.6 is 15.9 Å². The Morgan fingerprint density at radius 3 is 3.00 bits per heavy atom. The van der Waals surface area contributed by atoms with Crippen molar-refractivity contribution in [3.8, 4) is 0 Å². The van der Waals surface area contributed by atoms with Crippen LogP contribution in [-0.2, 0) is 0 Å². The topological polar surface area (TPSA) is 12.0 Å². The molecule has 4 atom stereocenters. The number of hydrogen-bond acceptors (Lipinski definition) is 1. The largest absolute Gasteiger partial charge is 0.311 e. The summed E-state index contributed by atoms with van der Waals surface area (Å²) >= 11 is 3.56. The summed E-state index contributed by atoms with van der Waals surface area (Å²) in [6.07, 6.45) is 2.75. The van der Waals surface area contributed by atoms with Crippen molar-refractivity contribution >= 4 is 15.9 Å². The fourth-order valence-corrected chi connectivity index (χ4v) is 2.92. The first kappa shape index (κ1) is 7.99. The molecule has 64 valence electrons. The van der Waals surface area contributed by atoms with Crippen LogP contribution in [0.15, 0.2) is 0 Å². The van der Waals surface area contributed by atoms with Crippen LogP contribution in [0.25, 0.3) is 0 Å². The summed E-state index contributed by atoms with van der Waals surface area (Å²) in [6.45, 7) is 0.578. The van der Waals surface area contributed by atoms with Crippen molar-refractivity contribution in [2.24, 2.45) is 5.92 Å². The molecule has 0 amide bonds. The summed E-state index contributed by atoms with van der Waals surface area (Å²) in [5.74, 6) is 0.285. The molecule has 0 radical (unpaired) electrons. The smallest absolute Gasteiger partial charge is 0.117 e. The second kappa shape index (κ2) is 3.02. The maximum Gasteiger partial charge on any atom is 0.117 e. The molecule has 0 aromatic rings. The molecule has 1 saturated carbocycles. The highest BCUT2D eigenvalue weighted by Gasteiger charge is 2.39. The van der Waals surface area contributed by atoms with E-state index in [-0.39, 0.29) is 5.92 Å².